The van der Waals surface area contributed by atoms with Crippen molar-refractivity contribution in [3.8, 4) is 0 Å². The largest absolute Gasteiger partial charge is 0.375 e. The molecule has 0 N–H and O–H groups in total. The Labute approximate surface area is 139 Å². The number of fused-ring (bicyclic) bond motifs is 1. The highest BCUT2D eigenvalue weighted by Gasteiger charge is 2.30. The van der Waals surface area contributed by atoms with Gasteiger partial charge in [-0.1, -0.05) is 6.07 Å². The zero-order valence-electron chi connectivity index (χ0n) is 14.1. The minimum atomic E-state index is -3.37. The lowest BCUT2D eigenvalue weighted by Crippen LogP contribution is -2.41. The fourth-order valence-corrected chi connectivity index (χ4v) is 5.13. The lowest BCUT2D eigenvalue weighted by molar-refractivity contribution is -0.0168. The van der Waals surface area contributed by atoms with Crippen molar-refractivity contribution in [3.05, 3.63) is 29.3 Å². The Kier molecular flexibility index (Phi) is 5.09. The molecule has 2 aliphatic rings. The Morgan fingerprint density at radius 2 is 1.74 bits per heavy atom. The van der Waals surface area contributed by atoms with Gasteiger partial charge in [0, 0.05) is 13.1 Å². The lowest BCUT2D eigenvalue weighted by Gasteiger charge is -2.32. The molecule has 0 amide bonds. The van der Waals surface area contributed by atoms with Crippen molar-refractivity contribution in [1.82, 2.24) is 4.31 Å². The first-order chi connectivity index (χ1) is 11.0. The first kappa shape index (κ1) is 16.9. The van der Waals surface area contributed by atoms with Crippen molar-refractivity contribution < 1.29 is 13.2 Å². The molecule has 1 saturated heterocycles. The molecule has 3 rings (SSSR count). The average molecular weight is 337 g/mol. The van der Waals surface area contributed by atoms with Crippen LogP contribution in [-0.2, 0) is 27.6 Å². The maximum absolute atomic E-state index is 12.9. The van der Waals surface area contributed by atoms with E-state index < -0.39 is 10.0 Å². The molecule has 1 aromatic rings. The predicted octanol–water partition coefficient (Wildman–Crippen LogP) is 3.14. The molecule has 1 heterocycles. The maximum Gasteiger partial charge on any atom is 0.243 e. The highest BCUT2D eigenvalue weighted by atomic mass is 32.2. The Morgan fingerprint density at radius 1 is 1.09 bits per heavy atom. The van der Waals surface area contributed by atoms with Crippen molar-refractivity contribution in [2.45, 2.75) is 69.5 Å². The van der Waals surface area contributed by atoms with Gasteiger partial charge in [0.1, 0.15) is 0 Å². The molecule has 23 heavy (non-hydrogen) atoms. The van der Waals surface area contributed by atoms with Crippen LogP contribution in [0.5, 0.6) is 0 Å². The SMILES string of the molecule is CC(C)OC1CCN(S(=O)(=O)c2ccc3c(c2)CCCC3)CC1. The Hall–Kier alpha value is -0.910. The van der Waals surface area contributed by atoms with E-state index in [4.69, 9.17) is 4.74 Å². The smallest absolute Gasteiger partial charge is 0.243 e. The van der Waals surface area contributed by atoms with Crippen LogP contribution in [-0.4, -0.2) is 38.0 Å². The number of hydrogen-bond acceptors (Lipinski definition) is 3. The number of piperidine rings is 1. The molecule has 0 spiro atoms. The van der Waals surface area contributed by atoms with Crippen LogP contribution in [0.4, 0.5) is 0 Å². The van der Waals surface area contributed by atoms with E-state index in [0.717, 1.165) is 32.1 Å². The summed E-state index contributed by atoms with van der Waals surface area (Å²) in [5.74, 6) is 0. The monoisotopic (exact) mass is 337 g/mol. The van der Waals surface area contributed by atoms with Crippen molar-refractivity contribution in [3.63, 3.8) is 0 Å². The average Bonchev–Trinajstić information content (AvgIpc) is 2.54. The molecule has 1 aliphatic carbocycles. The summed E-state index contributed by atoms with van der Waals surface area (Å²) in [6.07, 6.45) is 6.40. The Balaban J connectivity index is 1.72. The van der Waals surface area contributed by atoms with E-state index >= 15 is 0 Å². The summed E-state index contributed by atoms with van der Waals surface area (Å²) < 4.78 is 33.2. The summed E-state index contributed by atoms with van der Waals surface area (Å²) in [6, 6.07) is 5.70. The third-order valence-electron chi connectivity index (χ3n) is 4.82. The van der Waals surface area contributed by atoms with Gasteiger partial charge in [-0.25, -0.2) is 8.42 Å². The van der Waals surface area contributed by atoms with Gasteiger partial charge in [-0.05, 0) is 75.6 Å². The molecule has 5 heteroatoms. The summed E-state index contributed by atoms with van der Waals surface area (Å²) in [6.45, 7) is 5.15. The zero-order chi connectivity index (χ0) is 16.4. The van der Waals surface area contributed by atoms with Crippen molar-refractivity contribution >= 4 is 10.0 Å². The van der Waals surface area contributed by atoms with Gasteiger partial charge in [-0.2, -0.15) is 4.31 Å². The number of ether oxygens (including phenoxy) is 1. The van der Waals surface area contributed by atoms with Gasteiger partial charge >= 0.3 is 0 Å². The van der Waals surface area contributed by atoms with Gasteiger partial charge in [0.05, 0.1) is 17.1 Å². The van der Waals surface area contributed by atoms with E-state index in [1.807, 2.05) is 26.0 Å². The van der Waals surface area contributed by atoms with Gasteiger partial charge in [0.15, 0.2) is 0 Å². The number of aryl methyl sites for hydroxylation is 2. The molecular formula is C18H27NO3S. The van der Waals surface area contributed by atoms with Crippen LogP contribution in [0, 0.1) is 0 Å². The Morgan fingerprint density at radius 3 is 2.39 bits per heavy atom. The third-order valence-corrected chi connectivity index (χ3v) is 6.72. The first-order valence-electron chi connectivity index (χ1n) is 8.74. The molecule has 1 aliphatic heterocycles. The van der Waals surface area contributed by atoms with E-state index in [2.05, 4.69) is 0 Å². The van der Waals surface area contributed by atoms with E-state index in [9.17, 15) is 8.42 Å². The number of nitrogens with zero attached hydrogens (tertiary/aromatic N) is 1. The van der Waals surface area contributed by atoms with Crippen LogP contribution >= 0.6 is 0 Å². The summed E-state index contributed by atoms with van der Waals surface area (Å²) in [5.41, 5.74) is 2.54. The van der Waals surface area contributed by atoms with Crippen LogP contribution in [0.25, 0.3) is 0 Å². The van der Waals surface area contributed by atoms with Crippen LogP contribution in [0.3, 0.4) is 0 Å². The normalized spacial score (nSPS) is 20.7. The minimum Gasteiger partial charge on any atom is -0.375 e. The highest BCUT2D eigenvalue weighted by molar-refractivity contribution is 7.89. The second-order valence-electron chi connectivity index (χ2n) is 6.93. The summed E-state index contributed by atoms with van der Waals surface area (Å²) >= 11 is 0. The summed E-state index contributed by atoms with van der Waals surface area (Å²) in [5, 5.41) is 0. The van der Waals surface area contributed by atoms with E-state index in [1.165, 1.54) is 17.5 Å². The molecule has 4 nitrogen and oxygen atoms in total. The van der Waals surface area contributed by atoms with Crippen LogP contribution in [0.15, 0.2) is 23.1 Å². The van der Waals surface area contributed by atoms with Gasteiger partial charge < -0.3 is 4.74 Å². The molecule has 0 radical (unpaired) electrons. The molecule has 1 fully saturated rings. The van der Waals surface area contributed by atoms with Crippen LogP contribution in [0.2, 0.25) is 0 Å². The minimum absolute atomic E-state index is 0.185. The fraction of sp³-hybridized carbons (Fsp3) is 0.667. The second kappa shape index (κ2) is 6.91. The number of sulfonamides is 1. The zero-order valence-corrected chi connectivity index (χ0v) is 14.9. The quantitative estimate of drug-likeness (QED) is 0.848. The Bertz CT molecular complexity index is 646. The third kappa shape index (κ3) is 3.78. The second-order valence-corrected chi connectivity index (χ2v) is 8.86. The molecule has 1 aromatic carbocycles. The van der Waals surface area contributed by atoms with Crippen molar-refractivity contribution in [2.75, 3.05) is 13.1 Å². The summed E-state index contributed by atoms with van der Waals surface area (Å²) in [7, 11) is -3.37. The first-order valence-corrected chi connectivity index (χ1v) is 10.2. The highest BCUT2D eigenvalue weighted by Crippen LogP contribution is 2.27. The van der Waals surface area contributed by atoms with Crippen molar-refractivity contribution in [2.24, 2.45) is 0 Å². The lowest BCUT2D eigenvalue weighted by atomic mass is 9.92. The standard InChI is InChI=1S/C18H27NO3S/c1-14(2)22-17-9-11-19(12-10-17)23(20,21)18-8-7-15-5-3-4-6-16(15)13-18/h7-8,13-14,17H,3-6,9-12H2,1-2H3. The fourth-order valence-electron chi connectivity index (χ4n) is 3.61. The van der Waals surface area contributed by atoms with Crippen LogP contribution < -0.4 is 0 Å². The summed E-state index contributed by atoms with van der Waals surface area (Å²) in [4.78, 5) is 0.460. The van der Waals surface area contributed by atoms with Gasteiger partial charge in [0.25, 0.3) is 0 Å². The van der Waals surface area contributed by atoms with Gasteiger partial charge in [-0.15, -0.1) is 0 Å². The van der Waals surface area contributed by atoms with Gasteiger partial charge in [-0.3, -0.25) is 0 Å². The molecular weight excluding hydrogens is 310 g/mol. The molecule has 0 saturated carbocycles. The molecule has 128 valence electrons. The maximum atomic E-state index is 12.9. The number of rotatable bonds is 4. The molecule has 0 bridgehead atoms. The topological polar surface area (TPSA) is 46.6 Å². The molecule has 0 aromatic heterocycles. The molecule has 0 atom stereocenters. The predicted molar refractivity (Wildman–Crippen MR) is 91.1 cm³/mol. The van der Waals surface area contributed by atoms with Crippen molar-refractivity contribution in [1.29, 1.82) is 0 Å². The van der Waals surface area contributed by atoms with E-state index in [1.54, 1.807) is 10.4 Å². The van der Waals surface area contributed by atoms with Gasteiger partial charge in [0.2, 0.25) is 10.0 Å². The van der Waals surface area contributed by atoms with E-state index in [-0.39, 0.29) is 12.2 Å². The van der Waals surface area contributed by atoms with Crippen LogP contribution in [0.1, 0.15) is 50.7 Å². The molecule has 0 unspecified atom stereocenters. The number of hydrogen-bond donors (Lipinski definition) is 0. The number of benzene rings is 1. The van der Waals surface area contributed by atoms with E-state index in [0.29, 0.717) is 18.0 Å².